The monoisotopic (exact) mass is 196 g/mol. The predicted octanol–water partition coefficient (Wildman–Crippen LogP) is 2.71. The first kappa shape index (κ1) is 8.60. The van der Waals surface area contributed by atoms with Gasteiger partial charge < -0.3 is 9.52 Å². The lowest BCUT2D eigenvalue weighted by molar-refractivity contribution is 0.282. The number of alkyl halides is 1. The molecule has 2 rings (SSSR count). The van der Waals surface area contributed by atoms with Crippen LogP contribution in [-0.2, 0) is 0 Å². The van der Waals surface area contributed by atoms with Crippen molar-refractivity contribution in [2.24, 2.45) is 0 Å². The van der Waals surface area contributed by atoms with E-state index in [9.17, 15) is 0 Å². The summed E-state index contributed by atoms with van der Waals surface area (Å²) in [6.45, 7) is -0.112. The third-order valence-corrected chi connectivity index (χ3v) is 2.32. The predicted molar refractivity (Wildman–Crippen MR) is 51.9 cm³/mol. The molecule has 1 unspecified atom stereocenters. The highest BCUT2D eigenvalue weighted by Gasteiger charge is 2.13. The molecule has 0 saturated heterocycles. The molecule has 1 atom stereocenters. The van der Waals surface area contributed by atoms with Crippen molar-refractivity contribution in [3.8, 4) is 0 Å². The van der Waals surface area contributed by atoms with Crippen molar-refractivity contribution in [2.75, 3.05) is 6.61 Å². The normalized spacial score (nSPS) is 13.4. The Balaban J connectivity index is 2.57. The number of furan rings is 1. The quantitative estimate of drug-likeness (QED) is 0.750. The fraction of sp³-hybridized carbons (Fsp3) is 0.200. The Morgan fingerprint density at radius 2 is 2.15 bits per heavy atom. The molecule has 13 heavy (non-hydrogen) atoms. The minimum atomic E-state index is -0.458. The van der Waals surface area contributed by atoms with Crippen molar-refractivity contribution in [3.05, 3.63) is 36.3 Å². The molecule has 2 aromatic rings. The first-order valence-corrected chi connectivity index (χ1v) is 4.47. The molecule has 1 aromatic heterocycles. The van der Waals surface area contributed by atoms with Crippen molar-refractivity contribution in [1.29, 1.82) is 0 Å². The van der Waals surface area contributed by atoms with Crippen LogP contribution in [0.4, 0.5) is 0 Å². The number of aliphatic hydroxyl groups excluding tert-OH is 1. The number of aliphatic hydroxyl groups is 1. The fourth-order valence-corrected chi connectivity index (χ4v) is 1.51. The summed E-state index contributed by atoms with van der Waals surface area (Å²) in [5, 5.41) is 10.4. The van der Waals surface area contributed by atoms with Crippen molar-refractivity contribution in [2.45, 2.75) is 5.38 Å². The number of halogens is 1. The number of hydrogen-bond donors (Lipinski definition) is 1. The second kappa shape index (κ2) is 3.40. The Morgan fingerprint density at radius 1 is 1.38 bits per heavy atom. The maximum absolute atomic E-state index is 8.87. The zero-order chi connectivity index (χ0) is 9.26. The van der Waals surface area contributed by atoms with E-state index in [1.807, 2.05) is 24.3 Å². The molecule has 0 fully saturated rings. The first-order chi connectivity index (χ1) is 6.33. The summed E-state index contributed by atoms with van der Waals surface area (Å²) >= 11 is 5.87. The van der Waals surface area contributed by atoms with Gasteiger partial charge in [-0.2, -0.15) is 0 Å². The van der Waals surface area contributed by atoms with Crippen LogP contribution >= 0.6 is 11.6 Å². The van der Waals surface area contributed by atoms with E-state index in [1.165, 1.54) is 0 Å². The molecule has 1 aromatic carbocycles. The van der Waals surface area contributed by atoms with E-state index in [0.717, 1.165) is 10.8 Å². The van der Waals surface area contributed by atoms with Gasteiger partial charge in [0.15, 0.2) is 0 Å². The molecular formula is C10H9ClO2. The molecule has 0 aliphatic heterocycles. The van der Waals surface area contributed by atoms with E-state index >= 15 is 0 Å². The highest BCUT2D eigenvalue weighted by molar-refractivity contribution is 6.21. The molecule has 0 saturated carbocycles. The lowest BCUT2D eigenvalue weighted by Crippen LogP contribution is -1.93. The molecule has 1 N–H and O–H groups in total. The first-order valence-electron chi connectivity index (χ1n) is 4.04. The smallest absolute Gasteiger partial charge is 0.131 e. The zero-order valence-corrected chi connectivity index (χ0v) is 7.66. The third-order valence-electron chi connectivity index (χ3n) is 1.98. The van der Waals surface area contributed by atoms with Crippen molar-refractivity contribution in [3.63, 3.8) is 0 Å². The van der Waals surface area contributed by atoms with E-state index in [-0.39, 0.29) is 6.61 Å². The van der Waals surface area contributed by atoms with Crippen LogP contribution in [0.5, 0.6) is 0 Å². The largest absolute Gasteiger partial charge is 0.466 e. The number of rotatable bonds is 2. The lowest BCUT2D eigenvalue weighted by atomic mass is 10.1. The second-order valence-electron chi connectivity index (χ2n) is 2.84. The maximum Gasteiger partial charge on any atom is 0.131 e. The number of fused-ring (bicyclic) bond motifs is 1. The summed E-state index contributed by atoms with van der Waals surface area (Å²) in [6.07, 6.45) is 1.65. The standard InChI is InChI=1S/C10H9ClO2/c11-9(5-12)10-8-4-2-1-3-7(8)6-13-10/h1-4,6,9,12H,5H2. The van der Waals surface area contributed by atoms with Gasteiger partial charge in [-0.05, 0) is 0 Å². The van der Waals surface area contributed by atoms with E-state index in [2.05, 4.69) is 0 Å². The molecule has 0 bridgehead atoms. The molecule has 0 aliphatic rings. The van der Waals surface area contributed by atoms with Crippen molar-refractivity contribution >= 4 is 22.4 Å². The van der Waals surface area contributed by atoms with Crippen LogP contribution in [0.1, 0.15) is 11.1 Å². The van der Waals surface area contributed by atoms with E-state index < -0.39 is 5.38 Å². The summed E-state index contributed by atoms with van der Waals surface area (Å²) in [4.78, 5) is 0. The van der Waals surface area contributed by atoms with Gasteiger partial charge >= 0.3 is 0 Å². The van der Waals surface area contributed by atoms with Crippen LogP contribution < -0.4 is 0 Å². The van der Waals surface area contributed by atoms with Gasteiger partial charge in [0, 0.05) is 10.8 Å². The minimum absolute atomic E-state index is 0.112. The van der Waals surface area contributed by atoms with Crippen LogP contribution in [0, 0.1) is 0 Å². The average Bonchev–Trinajstić information content (AvgIpc) is 2.60. The minimum Gasteiger partial charge on any atom is -0.466 e. The number of hydrogen-bond acceptors (Lipinski definition) is 2. The van der Waals surface area contributed by atoms with Gasteiger partial charge in [-0.25, -0.2) is 0 Å². The maximum atomic E-state index is 8.87. The fourth-order valence-electron chi connectivity index (χ4n) is 1.34. The molecule has 0 aliphatic carbocycles. The molecular weight excluding hydrogens is 188 g/mol. The van der Waals surface area contributed by atoms with Gasteiger partial charge in [0.05, 0.1) is 12.9 Å². The molecule has 68 valence electrons. The number of benzene rings is 1. The summed E-state index contributed by atoms with van der Waals surface area (Å²) < 4.78 is 5.28. The van der Waals surface area contributed by atoms with E-state index in [0.29, 0.717) is 5.76 Å². The Hall–Kier alpha value is -0.990. The summed E-state index contributed by atoms with van der Waals surface area (Å²) in [5.74, 6) is 0.639. The van der Waals surface area contributed by atoms with Crippen LogP contribution in [0.15, 0.2) is 34.9 Å². The van der Waals surface area contributed by atoms with Crippen LogP contribution in [0.2, 0.25) is 0 Å². The molecule has 0 amide bonds. The highest BCUT2D eigenvalue weighted by Crippen LogP contribution is 2.29. The van der Waals surface area contributed by atoms with Gasteiger partial charge in [0.1, 0.15) is 11.1 Å². The van der Waals surface area contributed by atoms with Crippen LogP contribution in [-0.4, -0.2) is 11.7 Å². The molecule has 0 spiro atoms. The Labute approximate surface area is 80.7 Å². The van der Waals surface area contributed by atoms with E-state index in [1.54, 1.807) is 6.26 Å². The Kier molecular flexibility index (Phi) is 2.25. The topological polar surface area (TPSA) is 33.4 Å². The average molecular weight is 197 g/mol. The van der Waals surface area contributed by atoms with Crippen molar-refractivity contribution in [1.82, 2.24) is 0 Å². The van der Waals surface area contributed by atoms with Gasteiger partial charge in [0.25, 0.3) is 0 Å². The lowest BCUT2D eigenvalue weighted by Gasteiger charge is -2.01. The Bertz CT molecular complexity index is 408. The SMILES string of the molecule is OCC(Cl)c1occ2ccccc12. The Morgan fingerprint density at radius 3 is 2.92 bits per heavy atom. The van der Waals surface area contributed by atoms with Crippen LogP contribution in [0.25, 0.3) is 10.8 Å². The second-order valence-corrected chi connectivity index (χ2v) is 3.36. The summed E-state index contributed by atoms with van der Waals surface area (Å²) in [7, 11) is 0. The van der Waals surface area contributed by atoms with Gasteiger partial charge in [-0.15, -0.1) is 11.6 Å². The van der Waals surface area contributed by atoms with Gasteiger partial charge in [-0.1, -0.05) is 24.3 Å². The molecule has 0 radical (unpaired) electrons. The summed E-state index contributed by atoms with van der Waals surface area (Å²) in [6, 6.07) is 7.73. The third kappa shape index (κ3) is 1.43. The zero-order valence-electron chi connectivity index (χ0n) is 6.90. The summed E-state index contributed by atoms with van der Waals surface area (Å²) in [5.41, 5.74) is 0. The molecule has 3 heteroatoms. The highest BCUT2D eigenvalue weighted by atomic mass is 35.5. The van der Waals surface area contributed by atoms with Gasteiger partial charge in [-0.3, -0.25) is 0 Å². The molecule has 2 nitrogen and oxygen atoms in total. The van der Waals surface area contributed by atoms with E-state index in [4.69, 9.17) is 21.1 Å². The van der Waals surface area contributed by atoms with Crippen LogP contribution in [0.3, 0.4) is 0 Å². The molecule has 1 heterocycles. The van der Waals surface area contributed by atoms with Crippen molar-refractivity contribution < 1.29 is 9.52 Å². The van der Waals surface area contributed by atoms with Gasteiger partial charge in [0.2, 0.25) is 0 Å².